The predicted molar refractivity (Wildman–Crippen MR) is 115 cm³/mol. The fraction of sp³-hybridized carbons (Fsp3) is 0.440. The number of rotatable bonds is 0. The average Bonchev–Trinajstić information content (AvgIpc) is 3.16. The minimum absolute atomic E-state index is 0. The number of benzene rings is 1. The second-order valence-corrected chi connectivity index (χ2v) is 11.5. The summed E-state index contributed by atoms with van der Waals surface area (Å²) in [7, 11) is 0. The Hall–Kier alpha value is -0.357. The van der Waals surface area contributed by atoms with Crippen molar-refractivity contribution in [3.05, 3.63) is 65.8 Å². The Bertz CT molecular complexity index is 777. The summed E-state index contributed by atoms with van der Waals surface area (Å²) in [6.45, 7) is 17.7. The van der Waals surface area contributed by atoms with Crippen molar-refractivity contribution < 1.29 is 49.0 Å². The van der Waals surface area contributed by atoms with Gasteiger partial charge in [0, 0.05) is 0 Å². The van der Waals surface area contributed by atoms with E-state index < -0.39 is 0 Å². The maximum absolute atomic E-state index is 3.30. The molecule has 0 nitrogen and oxygen atoms in total. The minimum Gasteiger partial charge on any atom is -1.00 e. The van der Waals surface area contributed by atoms with Crippen LogP contribution < -0.4 is 24.8 Å². The molecule has 0 bridgehead atoms. The first-order chi connectivity index (χ1) is 11.9. The van der Waals surface area contributed by atoms with Gasteiger partial charge < -0.3 is 24.8 Å². The largest absolute Gasteiger partial charge is 1.00 e. The van der Waals surface area contributed by atoms with E-state index in [2.05, 4.69) is 110 Å². The fourth-order valence-electron chi connectivity index (χ4n) is 2.72. The van der Waals surface area contributed by atoms with E-state index in [9.17, 15) is 0 Å². The van der Waals surface area contributed by atoms with Crippen molar-refractivity contribution >= 4 is 14.0 Å². The Morgan fingerprint density at radius 1 is 0.964 bits per heavy atom. The molecule has 154 valence electrons. The fourth-order valence-corrected chi connectivity index (χ4v) is 2.72. The summed E-state index contributed by atoms with van der Waals surface area (Å²) in [5, 5.41) is 2.75. The van der Waals surface area contributed by atoms with Crippen LogP contribution in [0.25, 0.3) is 10.8 Å². The van der Waals surface area contributed by atoms with E-state index in [-0.39, 0.29) is 30.2 Å². The van der Waals surface area contributed by atoms with E-state index >= 15 is 0 Å². The molecule has 0 spiro atoms. The van der Waals surface area contributed by atoms with E-state index in [1.54, 1.807) is 24.2 Å². The zero-order chi connectivity index (χ0) is 20.0. The molecule has 0 fully saturated rings. The number of allylic oxidation sites excluding steroid dienone is 4. The average molecular weight is 497 g/mol. The molecule has 2 aromatic rings. The van der Waals surface area contributed by atoms with Crippen LogP contribution in [0.15, 0.2) is 54.1 Å². The molecule has 0 saturated heterocycles. The van der Waals surface area contributed by atoms with Crippen LogP contribution in [0.3, 0.4) is 0 Å². The molecular weight excluding hydrogens is 462 g/mol. The van der Waals surface area contributed by atoms with Gasteiger partial charge in [-0.15, -0.1) is 47.0 Å². The summed E-state index contributed by atoms with van der Waals surface area (Å²) in [6.07, 6.45) is 8.63. The second-order valence-electron chi connectivity index (χ2n) is 9.03. The summed E-state index contributed by atoms with van der Waals surface area (Å²) in [5.74, 6) is 0. The van der Waals surface area contributed by atoms with Gasteiger partial charge in [-0.1, -0.05) is 47.6 Å². The van der Waals surface area contributed by atoms with Crippen molar-refractivity contribution in [2.45, 2.75) is 67.2 Å². The smallest absolute Gasteiger partial charge is 1.00 e. The van der Waals surface area contributed by atoms with Gasteiger partial charge in [0.25, 0.3) is 0 Å². The monoisotopic (exact) mass is 494 g/mol. The molecule has 0 radical (unpaired) electrons. The third-order valence-electron chi connectivity index (χ3n) is 3.99. The van der Waals surface area contributed by atoms with Gasteiger partial charge in [0.15, 0.2) is 0 Å². The van der Waals surface area contributed by atoms with E-state index in [0.29, 0.717) is 5.41 Å². The zero-order valence-electron chi connectivity index (χ0n) is 18.6. The van der Waals surface area contributed by atoms with Crippen LogP contribution in [0, 0.1) is 11.5 Å². The van der Waals surface area contributed by atoms with Crippen LogP contribution in [-0.2, 0) is 29.7 Å². The molecule has 0 amide bonds. The predicted octanol–water partition coefficient (Wildman–Crippen LogP) is 1.33. The number of hydrogen-bond acceptors (Lipinski definition) is 0. The van der Waals surface area contributed by atoms with Gasteiger partial charge in [0.1, 0.15) is 0 Å². The Kier molecular flexibility index (Phi) is 13.9. The number of halogens is 2. The molecule has 2 aromatic carbocycles. The first-order valence-electron chi connectivity index (χ1n) is 9.37. The van der Waals surface area contributed by atoms with Gasteiger partial charge >= 0.3 is 41.3 Å². The molecule has 3 rings (SSSR count). The van der Waals surface area contributed by atoms with Crippen LogP contribution in [-0.4, -0.2) is 3.21 Å². The molecular formula is C25H34Cl2Zr-2. The summed E-state index contributed by atoms with van der Waals surface area (Å²) >= 11 is 1.55. The standard InChI is InChI=1S/C13H15.C9H13.C3H6.2ClH.Zr/c1-13(2,3)12-9-8-10-6-4-5-7-11(10)12;1-9(2,3)8-6-4-5-7-8;1-3-2;;;/h4-9H,1-3H3;4,6H,5H2,1-3H3;1-2H3;2*1H;/q2*-1;;;;+2/p-2. The molecule has 0 atom stereocenters. The van der Waals surface area contributed by atoms with Crippen LogP contribution in [0.5, 0.6) is 0 Å². The van der Waals surface area contributed by atoms with Crippen molar-refractivity contribution in [3.8, 4) is 0 Å². The minimum atomic E-state index is 0. The molecule has 0 aliphatic heterocycles. The van der Waals surface area contributed by atoms with Gasteiger partial charge in [0.2, 0.25) is 0 Å². The molecule has 0 N–H and O–H groups in total. The first kappa shape index (κ1) is 29.8. The van der Waals surface area contributed by atoms with Gasteiger partial charge in [-0.3, -0.25) is 6.08 Å². The van der Waals surface area contributed by atoms with Crippen molar-refractivity contribution in [3.63, 3.8) is 0 Å². The SMILES string of the molecule is CC(C)(C)C1=[C-]CC=C1.CC(C)(C)[c-]1ccc2ccccc21.C[C](C)=[Zr+2].[Cl-].[Cl-]. The summed E-state index contributed by atoms with van der Waals surface area (Å²) in [4.78, 5) is 0. The first-order valence-corrected chi connectivity index (χ1v) is 10.6. The molecule has 3 heteroatoms. The van der Waals surface area contributed by atoms with Crippen molar-refractivity contribution in [1.29, 1.82) is 0 Å². The summed E-state index contributed by atoms with van der Waals surface area (Å²) in [6, 6.07) is 13.0. The Morgan fingerprint density at radius 2 is 1.50 bits per heavy atom. The quantitative estimate of drug-likeness (QED) is 0.483. The Morgan fingerprint density at radius 3 is 1.89 bits per heavy atom. The van der Waals surface area contributed by atoms with Crippen LogP contribution in [0.1, 0.15) is 67.4 Å². The third kappa shape index (κ3) is 10.4. The third-order valence-corrected chi connectivity index (χ3v) is 3.99. The number of hydrogen-bond donors (Lipinski definition) is 0. The van der Waals surface area contributed by atoms with Gasteiger partial charge in [-0.2, -0.15) is 12.1 Å². The van der Waals surface area contributed by atoms with E-state index in [4.69, 9.17) is 0 Å². The van der Waals surface area contributed by atoms with Gasteiger partial charge in [-0.25, -0.2) is 11.6 Å². The maximum atomic E-state index is 3.30. The molecule has 0 aromatic heterocycles. The van der Waals surface area contributed by atoms with Crippen LogP contribution in [0.4, 0.5) is 0 Å². The number of fused-ring (bicyclic) bond motifs is 1. The van der Waals surface area contributed by atoms with Gasteiger partial charge in [-0.05, 0) is 10.8 Å². The van der Waals surface area contributed by atoms with Crippen LogP contribution in [0.2, 0.25) is 0 Å². The normalized spacial score (nSPS) is 12.6. The molecule has 0 unspecified atom stereocenters. The van der Waals surface area contributed by atoms with Gasteiger partial charge in [0.05, 0.1) is 0 Å². The molecule has 1 aliphatic rings. The van der Waals surface area contributed by atoms with Crippen molar-refractivity contribution in [1.82, 2.24) is 0 Å². The topological polar surface area (TPSA) is 0 Å². The summed E-state index contributed by atoms with van der Waals surface area (Å²) < 4.78 is 1.51. The summed E-state index contributed by atoms with van der Waals surface area (Å²) in [5.41, 5.74) is 3.35. The Labute approximate surface area is 200 Å². The molecule has 28 heavy (non-hydrogen) atoms. The second kappa shape index (κ2) is 13.0. The zero-order valence-corrected chi connectivity index (χ0v) is 22.6. The van der Waals surface area contributed by atoms with E-state index in [1.165, 1.54) is 25.1 Å². The maximum Gasteiger partial charge on any atom is -1.00 e. The van der Waals surface area contributed by atoms with E-state index in [0.717, 1.165) is 6.42 Å². The van der Waals surface area contributed by atoms with Crippen molar-refractivity contribution in [2.75, 3.05) is 0 Å². The molecule has 0 heterocycles. The van der Waals surface area contributed by atoms with Crippen LogP contribution >= 0.6 is 0 Å². The molecule has 0 saturated carbocycles. The molecule has 1 aliphatic carbocycles. The van der Waals surface area contributed by atoms with E-state index in [1.807, 2.05) is 0 Å². The van der Waals surface area contributed by atoms with Crippen molar-refractivity contribution in [2.24, 2.45) is 5.41 Å². The Balaban J connectivity index is 0.